The Kier molecular flexibility index (Phi) is 4.87. The molecule has 0 spiro atoms. The lowest BCUT2D eigenvalue weighted by atomic mass is 10.2. The van der Waals surface area contributed by atoms with Crippen molar-refractivity contribution in [3.8, 4) is 10.6 Å². The van der Waals surface area contributed by atoms with Crippen LogP contribution in [0.5, 0.6) is 0 Å². The molecule has 1 N–H and O–H groups in total. The maximum absolute atomic E-state index is 12.3. The van der Waals surface area contributed by atoms with Gasteiger partial charge in [0, 0.05) is 22.9 Å². The minimum atomic E-state index is -0.384. The summed E-state index contributed by atoms with van der Waals surface area (Å²) in [7, 11) is 0. The molecule has 3 heterocycles. The quantitative estimate of drug-likeness (QED) is 0.547. The van der Waals surface area contributed by atoms with Gasteiger partial charge in [0.15, 0.2) is 11.2 Å². The molecule has 5 nitrogen and oxygen atoms in total. The smallest absolute Gasteiger partial charge is 0.287 e. The van der Waals surface area contributed by atoms with Gasteiger partial charge in [0.1, 0.15) is 5.58 Å². The Balaban J connectivity index is 1.40. The number of nitrogens with zero attached hydrogens (tertiary/aromatic N) is 1. The van der Waals surface area contributed by atoms with Crippen molar-refractivity contribution in [1.82, 2.24) is 10.3 Å². The first-order valence-electron chi connectivity index (χ1n) is 8.42. The summed E-state index contributed by atoms with van der Waals surface area (Å²) in [5, 5.41) is 6.38. The van der Waals surface area contributed by atoms with Crippen LogP contribution in [0.3, 0.4) is 0 Å². The second-order valence-electron chi connectivity index (χ2n) is 5.99. The van der Waals surface area contributed by atoms with E-state index in [0.717, 1.165) is 20.5 Å². The fraction of sp³-hybridized carbons (Fsp3) is 0.150. The lowest BCUT2D eigenvalue weighted by Gasteiger charge is -2.04. The fourth-order valence-corrected chi connectivity index (χ4v) is 4.38. The molecular weight excluding hydrogens is 380 g/mol. The predicted octanol–water partition coefficient (Wildman–Crippen LogP) is 4.26. The van der Waals surface area contributed by atoms with Gasteiger partial charge >= 0.3 is 0 Å². The minimum absolute atomic E-state index is 0.0310. The van der Waals surface area contributed by atoms with Crippen molar-refractivity contribution in [2.45, 2.75) is 13.3 Å². The van der Waals surface area contributed by atoms with Crippen LogP contribution in [0.25, 0.3) is 21.5 Å². The van der Waals surface area contributed by atoms with Gasteiger partial charge in [-0.2, -0.15) is 0 Å². The van der Waals surface area contributed by atoms with Crippen LogP contribution in [-0.2, 0) is 6.42 Å². The van der Waals surface area contributed by atoms with E-state index in [4.69, 9.17) is 4.42 Å². The van der Waals surface area contributed by atoms with Crippen molar-refractivity contribution < 1.29 is 9.21 Å². The molecule has 3 aromatic heterocycles. The fourth-order valence-electron chi connectivity index (χ4n) is 2.73. The molecule has 0 aliphatic heterocycles. The molecule has 27 heavy (non-hydrogen) atoms. The summed E-state index contributed by atoms with van der Waals surface area (Å²) in [5.41, 5.74) is 1.19. The first-order valence-corrected chi connectivity index (χ1v) is 10.1. The number of carbonyl (C=O) groups is 1. The van der Waals surface area contributed by atoms with Gasteiger partial charge in [-0.1, -0.05) is 12.1 Å². The van der Waals surface area contributed by atoms with E-state index in [-0.39, 0.29) is 17.1 Å². The summed E-state index contributed by atoms with van der Waals surface area (Å²) in [6, 6.07) is 12.2. The van der Waals surface area contributed by atoms with Crippen molar-refractivity contribution in [1.29, 1.82) is 0 Å². The molecule has 0 aliphatic rings. The molecule has 136 valence electrons. The zero-order chi connectivity index (χ0) is 18.8. The van der Waals surface area contributed by atoms with Gasteiger partial charge in [-0.25, -0.2) is 4.98 Å². The van der Waals surface area contributed by atoms with Gasteiger partial charge in [-0.3, -0.25) is 9.59 Å². The number of para-hydroxylation sites is 1. The molecule has 0 saturated carbocycles. The second-order valence-corrected chi connectivity index (χ2v) is 8.23. The lowest BCUT2D eigenvalue weighted by molar-refractivity contribution is 0.0927. The number of thiophene rings is 1. The van der Waals surface area contributed by atoms with E-state index in [1.165, 1.54) is 6.07 Å². The number of rotatable bonds is 5. The van der Waals surface area contributed by atoms with Crippen LogP contribution in [0.4, 0.5) is 0 Å². The van der Waals surface area contributed by atoms with Crippen LogP contribution in [0.1, 0.15) is 20.4 Å². The van der Waals surface area contributed by atoms with E-state index in [1.807, 2.05) is 6.92 Å². The number of thiazole rings is 1. The Hall–Kier alpha value is -2.77. The molecule has 0 radical (unpaired) electrons. The molecule has 1 aromatic carbocycles. The summed E-state index contributed by atoms with van der Waals surface area (Å²) in [6.45, 7) is 2.45. The molecule has 0 aliphatic carbocycles. The van der Waals surface area contributed by atoms with E-state index in [2.05, 4.69) is 27.8 Å². The first kappa shape index (κ1) is 17.6. The molecular formula is C20H16N2O3S2. The van der Waals surface area contributed by atoms with Crippen molar-refractivity contribution in [3.05, 3.63) is 73.7 Å². The summed E-state index contributed by atoms with van der Waals surface area (Å²) in [4.78, 5) is 31.2. The number of hydrogen-bond acceptors (Lipinski definition) is 6. The number of carbonyl (C=O) groups excluding carboxylic acids is 1. The SMILES string of the molecule is Cc1nc(-c2ccc(CCNC(=O)c3cc(=O)c4ccccc4o3)s2)cs1. The Bertz CT molecular complexity index is 1170. The van der Waals surface area contributed by atoms with Gasteiger partial charge in [0.25, 0.3) is 5.91 Å². The average molecular weight is 396 g/mol. The third kappa shape index (κ3) is 3.84. The standard InChI is InChI=1S/C20H16N2O3S2/c1-12-22-15(11-26-12)19-7-6-13(27-19)8-9-21-20(24)18-10-16(23)14-4-2-3-5-17(14)25-18/h2-7,10-11H,8-9H2,1H3,(H,21,24). The Labute approximate surface area is 163 Å². The number of benzene rings is 1. The topological polar surface area (TPSA) is 72.2 Å². The summed E-state index contributed by atoms with van der Waals surface area (Å²) >= 11 is 3.30. The Morgan fingerprint density at radius 1 is 1.22 bits per heavy atom. The lowest BCUT2D eigenvalue weighted by Crippen LogP contribution is -2.26. The van der Waals surface area contributed by atoms with Crippen molar-refractivity contribution >= 4 is 39.5 Å². The van der Waals surface area contributed by atoms with E-state index in [1.54, 1.807) is 46.9 Å². The normalized spacial score (nSPS) is 11.0. The molecule has 0 atom stereocenters. The first-order chi connectivity index (χ1) is 13.1. The summed E-state index contributed by atoms with van der Waals surface area (Å²) in [6.07, 6.45) is 0.706. The monoisotopic (exact) mass is 396 g/mol. The van der Waals surface area contributed by atoms with Gasteiger partial charge in [0.2, 0.25) is 0 Å². The zero-order valence-corrected chi connectivity index (χ0v) is 16.2. The van der Waals surface area contributed by atoms with Gasteiger partial charge in [-0.15, -0.1) is 22.7 Å². The number of hydrogen-bond donors (Lipinski definition) is 1. The highest BCUT2D eigenvalue weighted by Crippen LogP contribution is 2.29. The second kappa shape index (κ2) is 7.46. The van der Waals surface area contributed by atoms with Gasteiger partial charge < -0.3 is 9.73 Å². The number of fused-ring (bicyclic) bond motifs is 1. The predicted molar refractivity (Wildman–Crippen MR) is 109 cm³/mol. The molecule has 0 bridgehead atoms. The Morgan fingerprint density at radius 2 is 2.07 bits per heavy atom. The van der Waals surface area contributed by atoms with E-state index in [9.17, 15) is 9.59 Å². The third-order valence-electron chi connectivity index (χ3n) is 4.05. The molecule has 1 amide bonds. The van der Waals surface area contributed by atoms with Gasteiger partial charge in [-0.05, 0) is 37.6 Å². The average Bonchev–Trinajstić information content (AvgIpc) is 3.30. The van der Waals surface area contributed by atoms with Crippen LogP contribution in [0, 0.1) is 6.92 Å². The van der Waals surface area contributed by atoms with Crippen molar-refractivity contribution in [3.63, 3.8) is 0 Å². The van der Waals surface area contributed by atoms with E-state index in [0.29, 0.717) is 23.9 Å². The van der Waals surface area contributed by atoms with Crippen LogP contribution < -0.4 is 10.7 Å². The molecule has 0 saturated heterocycles. The summed E-state index contributed by atoms with van der Waals surface area (Å²) < 4.78 is 5.55. The number of aromatic nitrogens is 1. The van der Waals surface area contributed by atoms with Crippen LogP contribution >= 0.6 is 22.7 Å². The number of amides is 1. The molecule has 0 unspecified atom stereocenters. The van der Waals surface area contributed by atoms with E-state index < -0.39 is 0 Å². The molecule has 7 heteroatoms. The van der Waals surface area contributed by atoms with Crippen LogP contribution in [-0.4, -0.2) is 17.4 Å². The maximum atomic E-state index is 12.3. The van der Waals surface area contributed by atoms with Crippen LogP contribution in [0.15, 0.2) is 57.1 Å². The third-order valence-corrected chi connectivity index (χ3v) is 5.99. The van der Waals surface area contributed by atoms with Crippen LogP contribution in [0.2, 0.25) is 0 Å². The largest absolute Gasteiger partial charge is 0.451 e. The molecule has 4 aromatic rings. The van der Waals surface area contributed by atoms with Crippen molar-refractivity contribution in [2.24, 2.45) is 0 Å². The highest BCUT2D eigenvalue weighted by Gasteiger charge is 2.12. The van der Waals surface area contributed by atoms with Gasteiger partial charge in [0.05, 0.1) is 21.0 Å². The van der Waals surface area contributed by atoms with Crippen molar-refractivity contribution in [2.75, 3.05) is 6.54 Å². The summed E-state index contributed by atoms with van der Waals surface area (Å²) in [5.74, 6) is -0.353. The zero-order valence-electron chi connectivity index (χ0n) is 14.5. The highest BCUT2D eigenvalue weighted by molar-refractivity contribution is 7.16. The maximum Gasteiger partial charge on any atom is 0.287 e. The number of nitrogens with one attached hydrogen (secondary N) is 1. The highest BCUT2D eigenvalue weighted by atomic mass is 32.1. The number of aryl methyl sites for hydroxylation is 1. The molecule has 4 rings (SSSR count). The van der Waals surface area contributed by atoms with E-state index >= 15 is 0 Å². The minimum Gasteiger partial charge on any atom is -0.451 e. The molecule has 0 fully saturated rings. The Morgan fingerprint density at radius 3 is 2.89 bits per heavy atom.